The highest BCUT2D eigenvalue weighted by atomic mass is 35.5. The molecule has 1 N–H and O–H groups in total. The van der Waals surface area contributed by atoms with Crippen LogP contribution in [0.3, 0.4) is 0 Å². The molecule has 0 saturated carbocycles. The van der Waals surface area contributed by atoms with E-state index in [1.807, 2.05) is 36.4 Å². The zero-order valence-corrected chi connectivity index (χ0v) is 14.7. The van der Waals surface area contributed by atoms with Crippen molar-refractivity contribution in [3.05, 3.63) is 53.1 Å². The largest absolute Gasteiger partial charge is 0.497 e. The molecule has 1 amide bonds. The van der Waals surface area contributed by atoms with Crippen molar-refractivity contribution >= 4 is 17.5 Å². The third-order valence-corrected chi connectivity index (χ3v) is 4.26. The van der Waals surface area contributed by atoms with E-state index in [0.717, 1.165) is 22.8 Å². The number of halogens is 1. The van der Waals surface area contributed by atoms with Gasteiger partial charge in [-0.2, -0.15) is 0 Å². The number of carbonyl (C=O) groups is 1. The SMILES string of the molecule is COc1ccc(OCCNC(=O)[C@H]2COc3ccc(Cl)cc3C2)cc1. The van der Waals surface area contributed by atoms with E-state index >= 15 is 0 Å². The fourth-order valence-corrected chi connectivity index (χ4v) is 2.89. The Morgan fingerprint density at radius 3 is 2.76 bits per heavy atom. The molecule has 5 nitrogen and oxygen atoms in total. The Morgan fingerprint density at radius 1 is 1.24 bits per heavy atom. The summed E-state index contributed by atoms with van der Waals surface area (Å²) in [4.78, 5) is 12.3. The van der Waals surface area contributed by atoms with Gasteiger partial charge in [0.25, 0.3) is 0 Å². The summed E-state index contributed by atoms with van der Waals surface area (Å²) in [6.45, 7) is 1.21. The minimum Gasteiger partial charge on any atom is -0.497 e. The lowest BCUT2D eigenvalue weighted by atomic mass is 9.96. The van der Waals surface area contributed by atoms with Gasteiger partial charge >= 0.3 is 0 Å². The van der Waals surface area contributed by atoms with Gasteiger partial charge in [0.2, 0.25) is 5.91 Å². The summed E-state index contributed by atoms with van der Waals surface area (Å²) in [7, 11) is 1.62. The van der Waals surface area contributed by atoms with Crippen LogP contribution in [0.2, 0.25) is 5.02 Å². The standard InChI is InChI=1S/C19H20ClNO4/c1-23-16-3-5-17(6-4-16)24-9-8-21-19(22)14-10-13-11-15(20)2-7-18(13)25-12-14/h2-7,11,14H,8-10,12H2,1H3,(H,21,22)/t14-/m1/s1. The summed E-state index contributed by atoms with van der Waals surface area (Å²) in [6, 6.07) is 12.8. The summed E-state index contributed by atoms with van der Waals surface area (Å²) < 4.78 is 16.3. The van der Waals surface area contributed by atoms with Crippen LogP contribution in [-0.2, 0) is 11.2 Å². The lowest BCUT2D eigenvalue weighted by Crippen LogP contribution is -2.39. The fourth-order valence-electron chi connectivity index (χ4n) is 2.69. The maximum absolute atomic E-state index is 12.3. The van der Waals surface area contributed by atoms with Crippen LogP contribution in [0.4, 0.5) is 0 Å². The molecule has 2 aromatic rings. The van der Waals surface area contributed by atoms with E-state index in [0.29, 0.717) is 31.2 Å². The molecule has 0 unspecified atom stereocenters. The van der Waals surface area contributed by atoms with Gasteiger partial charge in [-0.3, -0.25) is 4.79 Å². The Hall–Kier alpha value is -2.40. The first kappa shape index (κ1) is 17.4. The zero-order chi connectivity index (χ0) is 17.6. The van der Waals surface area contributed by atoms with E-state index in [1.165, 1.54) is 0 Å². The van der Waals surface area contributed by atoms with Crippen LogP contribution >= 0.6 is 11.6 Å². The molecule has 25 heavy (non-hydrogen) atoms. The minimum atomic E-state index is -0.216. The van der Waals surface area contributed by atoms with E-state index < -0.39 is 0 Å². The van der Waals surface area contributed by atoms with Crippen molar-refractivity contribution in [1.29, 1.82) is 0 Å². The van der Waals surface area contributed by atoms with Crippen LogP contribution in [0.25, 0.3) is 0 Å². The zero-order valence-electron chi connectivity index (χ0n) is 14.0. The first-order valence-electron chi connectivity index (χ1n) is 8.11. The van der Waals surface area contributed by atoms with Gasteiger partial charge in [0.1, 0.15) is 30.5 Å². The number of fused-ring (bicyclic) bond motifs is 1. The predicted octanol–water partition coefficient (Wildman–Crippen LogP) is 3.09. The summed E-state index contributed by atoms with van der Waals surface area (Å²) in [6.07, 6.45) is 0.626. The van der Waals surface area contributed by atoms with Gasteiger partial charge in [-0.05, 0) is 54.4 Å². The maximum atomic E-state index is 12.3. The molecule has 0 fully saturated rings. The Balaban J connectivity index is 1.43. The molecule has 1 aliphatic heterocycles. The van der Waals surface area contributed by atoms with Crippen LogP contribution in [0.15, 0.2) is 42.5 Å². The molecule has 1 aliphatic rings. The van der Waals surface area contributed by atoms with Crippen molar-refractivity contribution in [3.63, 3.8) is 0 Å². The van der Waals surface area contributed by atoms with E-state index in [-0.39, 0.29) is 11.8 Å². The van der Waals surface area contributed by atoms with Gasteiger partial charge in [0, 0.05) is 5.02 Å². The smallest absolute Gasteiger partial charge is 0.227 e. The summed E-state index contributed by atoms with van der Waals surface area (Å²) in [5, 5.41) is 3.54. The monoisotopic (exact) mass is 361 g/mol. The van der Waals surface area contributed by atoms with E-state index in [4.69, 9.17) is 25.8 Å². The second-order valence-corrected chi connectivity index (χ2v) is 6.22. The first-order chi connectivity index (χ1) is 12.2. The van der Waals surface area contributed by atoms with Crippen molar-refractivity contribution in [2.24, 2.45) is 5.92 Å². The molecule has 0 aliphatic carbocycles. The Morgan fingerprint density at radius 2 is 2.00 bits per heavy atom. The highest BCUT2D eigenvalue weighted by Crippen LogP contribution is 2.29. The number of hydrogen-bond acceptors (Lipinski definition) is 4. The number of nitrogens with one attached hydrogen (secondary N) is 1. The number of amides is 1. The topological polar surface area (TPSA) is 56.8 Å². The van der Waals surface area contributed by atoms with E-state index in [1.54, 1.807) is 13.2 Å². The molecule has 3 rings (SSSR count). The highest BCUT2D eigenvalue weighted by Gasteiger charge is 2.25. The third-order valence-electron chi connectivity index (χ3n) is 4.03. The average molecular weight is 362 g/mol. The molecule has 0 bridgehead atoms. The highest BCUT2D eigenvalue weighted by molar-refractivity contribution is 6.30. The first-order valence-corrected chi connectivity index (χ1v) is 8.49. The van der Waals surface area contributed by atoms with Gasteiger partial charge in [-0.15, -0.1) is 0 Å². The van der Waals surface area contributed by atoms with Gasteiger partial charge in [0.05, 0.1) is 19.6 Å². The molecule has 1 atom stereocenters. The van der Waals surface area contributed by atoms with Crippen LogP contribution in [0.5, 0.6) is 17.2 Å². The molecule has 0 aromatic heterocycles. The van der Waals surface area contributed by atoms with Gasteiger partial charge in [-0.1, -0.05) is 11.6 Å². The van der Waals surface area contributed by atoms with E-state index in [2.05, 4.69) is 5.32 Å². The fraction of sp³-hybridized carbons (Fsp3) is 0.316. The average Bonchev–Trinajstić information content (AvgIpc) is 2.65. The van der Waals surface area contributed by atoms with Crippen molar-refractivity contribution in [3.8, 4) is 17.2 Å². The summed E-state index contributed by atoms with van der Waals surface area (Å²) >= 11 is 6.00. The number of methoxy groups -OCH3 is 1. The molecule has 0 radical (unpaired) electrons. The lowest BCUT2D eigenvalue weighted by molar-refractivity contribution is -0.126. The van der Waals surface area contributed by atoms with Crippen molar-refractivity contribution in [2.75, 3.05) is 26.9 Å². The normalized spacial score (nSPS) is 15.7. The van der Waals surface area contributed by atoms with Crippen LogP contribution in [0.1, 0.15) is 5.56 Å². The van der Waals surface area contributed by atoms with Gasteiger partial charge < -0.3 is 19.5 Å². The summed E-state index contributed by atoms with van der Waals surface area (Å²) in [5.74, 6) is 2.06. The van der Waals surface area contributed by atoms with E-state index in [9.17, 15) is 4.79 Å². The Bertz CT molecular complexity index is 733. The number of benzene rings is 2. The molecule has 1 heterocycles. The van der Waals surface area contributed by atoms with Crippen molar-refractivity contribution < 1.29 is 19.0 Å². The maximum Gasteiger partial charge on any atom is 0.227 e. The second-order valence-electron chi connectivity index (χ2n) is 5.78. The minimum absolute atomic E-state index is 0.0380. The molecular formula is C19H20ClNO4. The Labute approximate surface area is 151 Å². The number of hydrogen-bond donors (Lipinski definition) is 1. The van der Waals surface area contributed by atoms with Gasteiger partial charge in [0.15, 0.2) is 0 Å². The molecule has 0 spiro atoms. The van der Waals surface area contributed by atoms with Crippen molar-refractivity contribution in [2.45, 2.75) is 6.42 Å². The molecule has 132 valence electrons. The van der Waals surface area contributed by atoms with Crippen LogP contribution in [0, 0.1) is 5.92 Å². The lowest BCUT2D eigenvalue weighted by Gasteiger charge is -2.24. The Kier molecular flexibility index (Phi) is 5.66. The molecule has 0 saturated heterocycles. The predicted molar refractivity (Wildman–Crippen MR) is 95.6 cm³/mol. The van der Waals surface area contributed by atoms with Crippen LogP contribution < -0.4 is 19.5 Å². The van der Waals surface area contributed by atoms with Gasteiger partial charge in [-0.25, -0.2) is 0 Å². The number of ether oxygens (including phenoxy) is 3. The molecule has 2 aromatic carbocycles. The number of carbonyl (C=O) groups excluding carboxylic acids is 1. The quantitative estimate of drug-likeness (QED) is 0.803. The van der Waals surface area contributed by atoms with Crippen molar-refractivity contribution in [1.82, 2.24) is 5.32 Å². The third kappa shape index (κ3) is 4.57. The molecular weight excluding hydrogens is 342 g/mol. The second kappa shape index (κ2) is 8.12. The van der Waals surface area contributed by atoms with Crippen LogP contribution in [-0.4, -0.2) is 32.8 Å². The number of rotatable bonds is 6. The molecule has 6 heteroatoms. The summed E-state index contributed by atoms with van der Waals surface area (Å²) in [5.41, 5.74) is 0.966.